The molecule has 4 rings (SSSR count). The van der Waals surface area contributed by atoms with Crippen LogP contribution in [-0.2, 0) is 20.8 Å². The van der Waals surface area contributed by atoms with Gasteiger partial charge in [-0.05, 0) is 73.6 Å². The van der Waals surface area contributed by atoms with Gasteiger partial charge in [-0.15, -0.1) is 0 Å². The number of halogens is 1. The second-order valence-electron chi connectivity index (χ2n) is 9.76. The highest BCUT2D eigenvalue weighted by Crippen LogP contribution is 2.37. The van der Waals surface area contributed by atoms with Crippen LogP contribution in [0.15, 0.2) is 71.7 Å². The Hall–Kier alpha value is -4.37. The van der Waals surface area contributed by atoms with Crippen molar-refractivity contribution in [3.05, 3.63) is 89.2 Å². The summed E-state index contributed by atoms with van der Waals surface area (Å²) < 4.78 is 13.9. The number of rotatable bonds is 10. The van der Waals surface area contributed by atoms with E-state index in [0.29, 0.717) is 47.6 Å². The highest BCUT2D eigenvalue weighted by atomic mass is 19.1. The first-order chi connectivity index (χ1) is 18.6. The van der Waals surface area contributed by atoms with Gasteiger partial charge >= 0.3 is 5.97 Å². The van der Waals surface area contributed by atoms with Crippen LogP contribution in [-0.4, -0.2) is 61.2 Å². The molecule has 0 fully saturated rings. The lowest BCUT2D eigenvalue weighted by Crippen LogP contribution is -2.29. The lowest BCUT2D eigenvalue weighted by Gasteiger charge is -2.19. The van der Waals surface area contributed by atoms with Crippen molar-refractivity contribution in [2.24, 2.45) is 4.99 Å². The Labute approximate surface area is 226 Å². The Morgan fingerprint density at radius 1 is 0.974 bits per heavy atom. The summed E-state index contributed by atoms with van der Waals surface area (Å²) >= 11 is 0. The number of carboxylic acids is 1. The lowest BCUT2D eigenvalue weighted by atomic mass is 9.90. The van der Waals surface area contributed by atoms with E-state index in [-0.39, 0.29) is 18.2 Å². The third-order valence-electron chi connectivity index (χ3n) is 6.63. The number of nitrogens with one attached hydrogen (secondary N) is 1. The number of hydrogen-bond donors (Lipinski definition) is 2. The number of aryl methyl sites for hydroxylation is 1. The number of aliphatic carboxylic acids is 1. The maximum Gasteiger partial charge on any atom is 0.303 e. The molecule has 39 heavy (non-hydrogen) atoms. The van der Waals surface area contributed by atoms with Crippen molar-refractivity contribution in [2.75, 3.05) is 37.9 Å². The van der Waals surface area contributed by atoms with Crippen molar-refractivity contribution in [3.8, 4) is 0 Å². The molecule has 1 unspecified atom stereocenters. The molecule has 202 valence electrons. The molecule has 0 saturated heterocycles. The Morgan fingerprint density at radius 3 is 2.31 bits per heavy atom. The molecule has 0 aromatic heterocycles. The van der Waals surface area contributed by atoms with E-state index in [1.54, 1.807) is 42.3 Å². The molecule has 0 bridgehead atoms. The average Bonchev–Trinajstić information content (AvgIpc) is 3.23. The van der Waals surface area contributed by atoms with Crippen molar-refractivity contribution in [2.45, 2.75) is 25.2 Å². The van der Waals surface area contributed by atoms with Gasteiger partial charge in [0.05, 0.1) is 11.4 Å². The Morgan fingerprint density at radius 2 is 1.67 bits per heavy atom. The van der Waals surface area contributed by atoms with E-state index in [2.05, 4.69) is 5.32 Å². The van der Waals surface area contributed by atoms with Crippen molar-refractivity contribution < 1.29 is 23.9 Å². The normalized spacial score (nSPS) is 14.7. The summed E-state index contributed by atoms with van der Waals surface area (Å²) in [5, 5.41) is 11.7. The highest BCUT2D eigenvalue weighted by Gasteiger charge is 2.35. The lowest BCUT2D eigenvalue weighted by molar-refractivity contribution is -0.137. The number of carboxylic acid groups (broad SMARTS) is 1. The molecule has 2 N–H and O–H groups in total. The molecule has 0 spiro atoms. The van der Waals surface area contributed by atoms with E-state index >= 15 is 0 Å². The van der Waals surface area contributed by atoms with Gasteiger partial charge < -0.3 is 20.2 Å². The zero-order valence-electron chi connectivity index (χ0n) is 22.1. The number of aliphatic imine (C=N–C) groups is 1. The molecule has 2 amide bonds. The molecule has 0 saturated carbocycles. The van der Waals surface area contributed by atoms with Crippen molar-refractivity contribution in [1.29, 1.82) is 0 Å². The van der Waals surface area contributed by atoms with Crippen LogP contribution in [0.25, 0.3) is 0 Å². The number of nitrogens with zero attached hydrogens (tertiary/aromatic N) is 3. The summed E-state index contributed by atoms with van der Waals surface area (Å²) in [7, 11) is 5.56. The molecule has 0 radical (unpaired) electrons. The second kappa shape index (κ2) is 12.0. The van der Waals surface area contributed by atoms with Gasteiger partial charge in [-0.3, -0.25) is 19.4 Å². The quantitative estimate of drug-likeness (QED) is 0.373. The van der Waals surface area contributed by atoms with Gasteiger partial charge in [0, 0.05) is 37.8 Å². The monoisotopic (exact) mass is 530 g/mol. The third kappa shape index (κ3) is 6.74. The smallest absolute Gasteiger partial charge is 0.303 e. The molecule has 1 aliphatic heterocycles. The molecule has 8 nitrogen and oxygen atoms in total. The average molecular weight is 531 g/mol. The summed E-state index contributed by atoms with van der Waals surface area (Å²) in [5.74, 6) is -2.40. The van der Waals surface area contributed by atoms with Crippen LogP contribution in [0.4, 0.5) is 21.5 Å². The molecular weight excluding hydrogens is 499 g/mol. The number of amides is 2. The van der Waals surface area contributed by atoms with Crippen molar-refractivity contribution in [1.82, 2.24) is 4.90 Å². The standard InChI is InChI=1S/C30H31FN4O4/c1-34(2)17-16-26(36)35(3)23-12-10-22(11-13-23)32-29(20-7-4-19(5-8-20)6-15-27(37)38)28-24-14-9-21(31)18-25(24)33-30(28)39/h4-5,7-14,18,28H,6,15-17H2,1-3H3,(H,33,39)(H,37,38). The number of hydrogen-bond acceptors (Lipinski definition) is 5. The van der Waals surface area contributed by atoms with Crippen LogP contribution in [0.5, 0.6) is 0 Å². The van der Waals surface area contributed by atoms with E-state index < -0.39 is 17.7 Å². The number of carbonyl (C=O) groups excluding carboxylic acids is 2. The number of benzene rings is 3. The largest absolute Gasteiger partial charge is 0.481 e. The zero-order chi connectivity index (χ0) is 28.1. The van der Waals surface area contributed by atoms with Gasteiger partial charge in [-0.1, -0.05) is 30.3 Å². The Balaban J connectivity index is 1.67. The minimum atomic E-state index is -0.874. The molecule has 1 atom stereocenters. The van der Waals surface area contributed by atoms with Crippen LogP contribution in [0.1, 0.15) is 35.4 Å². The predicted molar refractivity (Wildman–Crippen MR) is 149 cm³/mol. The van der Waals surface area contributed by atoms with Gasteiger partial charge in [-0.25, -0.2) is 4.39 Å². The van der Waals surface area contributed by atoms with Crippen LogP contribution >= 0.6 is 0 Å². The van der Waals surface area contributed by atoms with Gasteiger partial charge in [0.2, 0.25) is 11.8 Å². The summed E-state index contributed by atoms with van der Waals surface area (Å²) in [4.78, 5) is 45.0. The minimum absolute atomic E-state index is 0.00454. The topological polar surface area (TPSA) is 102 Å². The van der Waals surface area contributed by atoms with Gasteiger partial charge in [-0.2, -0.15) is 0 Å². The van der Waals surface area contributed by atoms with E-state index in [9.17, 15) is 18.8 Å². The second-order valence-corrected chi connectivity index (χ2v) is 9.76. The third-order valence-corrected chi connectivity index (χ3v) is 6.63. The van der Waals surface area contributed by atoms with Crippen molar-refractivity contribution in [3.63, 3.8) is 0 Å². The Bertz CT molecular complexity index is 1400. The maximum absolute atomic E-state index is 13.9. The SMILES string of the molecule is CN(C)CCC(=O)N(C)c1ccc(N=C(c2ccc(CCC(=O)O)cc2)C2C(=O)Nc3cc(F)ccc32)cc1. The first kappa shape index (κ1) is 27.7. The first-order valence-corrected chi connectivity index (χ1v) is 12.6. The molecular formula is C30H31FN4O4. The zero-order valence-corrected chi connectivity index (χ0v) is 22.1. The number of carbonyl (C=O) groups is 3. The van der Waals surface area contributed by atoms with E-state index in [0.717, 1.165) is 11.3 Å². The molecule has 3 aromatic rings. The summed E-state index contributed by atoms with van der Waals surface area (Å²) in [6.45, 7) is 0.652. The molecule has 0 aliphatic carbocycles. The van der Waals surface area contributed by atoms with Crippen LogP contribution in [0.3, 0.4) is 0 Å². The molecule has 1 heterocycles. The fraction of sp³-hybridized carbons (Fsp3) is 0.267. The van der Waals surface area contributed by atoms with Gasteiger partial charge in [0.15, 0.2) is 0 Å². The van der Waals surface area contributed by atoms with Crippen LogP contribution in [0, 0.1) is 5.82 Å². The fourth-order valence-electron chi connectivity index (χ4n) is 4.42. The molecule has 3 aromatic carbocycles. The number of anilines is 2. The predicted octanol–water partition coefficient (Wildman–Crippen LogP) is 4.61. The van der Waals surface area contributed by atoms with Crippen molar-refractivity contribution >= 4 is 40.6 Å². The van der Waals surface area contributed by atoms with Crippen LogP contribution in [0.2, 0.25) is 0 Å². The van der Waals surface area contributed by atoms with Crippen LogP contribution < -0.4 is 10.2 Å². The molecule has 1 aliphatic rings. The number of fused-ring (bicyclic) bond motifs is 1. The fourth-order valence-corrected chi connectivity index (χ4v) is 4.42. The van der Waals surface area contributed by atoms with E-state index in [4.69, 9.17) is 10.1 Å². The minimum Gasteiger partial charge on any atom is -0.481 e. The van der Waals surface area contributed by atoms with E-state index in [1.165, 1.54) is 12.1 Å². The molecule has 9 heteroatoms. The van der Waals surface area contributed by atoms with E-state index in [1.807, 2.05) is 43.3 Å². The maximum atomic E-state index is 13.9. The van der Waals surface area contributed by atoms with Gasteiger partial charge in [0.1, 0.15) is 11.7 Å². The first-order valence-electron chi connectivity index (χ1n) is 12.6. The van der Waals surface area contributed by atoms with Gasteiger partial charge in [0.25, 0.3) is 0 Å². The Kier molecular flexibility index (Phi) is 8.51. The summed E-state index contributed by atoms with van der Waals surface area (Å²) in [6.07, 6.45) is 0.797. The summed E-state index contributed by atoms with van der Waals surface area (Å²) in [6, 6.07) is 18.6. The highest BCUT2D eigenvalue weighted by molar-refractivity contribution is 6.24. The summed E-state index contributed by atoms with van der Waals surface area (Å²) in [5.41, 5.74) is 4.35.